The number of ether oxygens (including phenoxy) is 3. The van der Waals surface area contributed by atoms with Gasteiger partial charge in [-0.2, -0.15) is 0 Å². The third kappa shape index (κ3) is 4.47. The average Bonchev–Trinajstić information content (AvgIpc) is 3.18. The maximum absolute atomic E-state index is 11.1. The van der Waals surface area contributed by atoms with Crippen LogP contribution in [0.1, 0.15) is 23.7 Å². The predicted octanol–water partition coefficient (Wildman–Crippen LogP) is 2.07. The van der Waals surface area contributed by atoms with Gasteiger partial charge in [0.25, 0.3) is 0 Å². The summed E-state index contributed by atoms with van der Waals surface area (Å²) < 4.78 is 16.0. The number of ketones is 1. The second-order valence-electron chi connectivity index (χ2n) is 4.31. The molecule has 98 valence electrons. The Labute approximate surface area is 107 Å². The third-order valence-corrected chi connectivity index (χ3v) is 2.67. The molecule has 1 atom stereocenters. The minimum Gasteiger partial charge on any atom is -0.494 e. The van der Waals surface area contributed by atoms with Crippen LogP contribution in [0.2, 0.25) is 0 Å². The van der Waals surface area contributed by atoms with Gasteiger partial charge in [-0.05, 0) is 31.2 Å². The summed E-state index contributed by atoms with van der Waals surface area (Å²) in [5.41, 5.74) is 0.704. The SMILES string of the molecule is CC(=O)c1ccc(OCCCOCC2CO2)cc1. The lowest BCUT2D eigenvalue weighted by Crippen LogP contribution is -2.06. The van der Waals surface area contributed by atoms with E-state index < -0.39 is 0 Å². The Morgan fingerprint density at radius 2 is 2.06 bits per heavy atom. The van der Waals surface area contributed by atoms with Gasteiger partial charge in [-0.3, -0.25) is 4.79 Å². The van der Waals surface area contributed by atoms with Crippen LogP contribution in [-0.4, -0.2) is 38.3 Å². The Morgan fingerprint density at radius 1 is 1.33 bits per heavy atom. The van der Waals surface area contributed by atoms with Crippen LogP contribution in [0, 0.1) is 0 Å². The van der Waals surface area contributed by atoms with Gasteiger partial charge in [0.1, 0.15) is 11.9 Å². The van der Waals surface area contributed by atoms with Crippen LogP contribution in [0.25, 0.3) is 0 Å². The van der Waals surface area contributed by atoms with Crippen LogP contribution in [0.5, 0.6) is 5.75 Å². The van der Waals surface area contributed by atoms with E-state index in [-0.39, 0.29) is 5.78 Å². The van der Waals surface area contributed by atoms with Crippen molar-refractivity contribution in [2.75, 3.05) is 26.4 Å². The maximum atomic E-state index is 11.1. The van der Waals surface area contributed by atoms with E-state index in [0.29, 0.717) is 31.5 Å². The molecule has 0 spiro atoms. The molecule has 1 aromatic carbocycles. The van der Waals surface area contributed by atoms with Gasteiger partial charge in [-0.25, -0.2) is 0 Å². The molecule has 1 fully saturated rings. The van der Waals surface area contributed by atoms with E-state index >= 15 is 0 Å². The Kier molecular flexibility index (Phi) is 4.73. The summed E-state index contributed by atoms with van der Waals surface area (Å²) in [4.78, 5) is 11.1. The zero-order chi connectivity index (χ0) is 12.8. The fraction of sp³-hybridized carbons (Fsp3) is 0.500. The van der Waals surface area contributed by atoms with E-state index in [4.69, 9.17) is 14.2 Å². The van der Waals surface area contributed by atoms with Crippen molar-refractivity contribution >= 4 is 5.78 Å². The van der Waals surface area contributed by atoms with E-state index in [2.05, 4.69) is 0 Å². The number of Topliss-reactive ketones (excluding diaryl/α,β-unsaturated/α-hetero) is 1. The molecule has 1 aromatic rings. The largest absolute Gasteiger partial charge is 0.494 e. The number of benzene rings is 1. The quantitative estimate of drug-likeness (QED) is 0.402. The van der Waals surface area contributed by atoms with Crippen molar-refractivity contribution < 1.29 is 19.0 Å². The van der Waals surface area contributed by atoms with E-state index in [1.54, 1.807) is 19.1 Å². The first-order valence-corrected chi connectivity index (χ1v) is 6.19. The van der Waals surface area contributed by atoms with Crippen molar-refractivity contribution in [3.63, 3.8) is 0 Å². The first kappa shape index (κ1) is 13.1. The number of hydrogen-bond acceptors (Lipinski definition) is 4. The van der Waals surface area contributed by atoms with Crippen LogP contribution >= 0.6 is 0 Å². The van der Waals surface area contributed by atoms with Crippen molar-refractivity contribution in [1.29, 1.82) is 0 Å². The summed E-state index contributed by atoms with van der Waals surface area (Å²) in [7, 11) is 0. The second-order valence-corrected chi connectivity index (χ2v) is 4.31. The molecule has 4 heteroatoms. The monoisotopic (exact) mass is 250 g/mol. The van der Waals surface area contributed by atoms with Crippen molar-refractivity contribution in [3.05, 3.63) is 29.8 Å². The van der Waals surface area contributed by atoms with E-state index in [9.17, 15) is 4.79 Å². The van der Waals surface area contributed by atoms with Crippen molar-refractivity contribution in [3.8, 4) is 5.75 Å². The number of epoxide rings is 1. The van der Waals surface area contributed by atoms with Gasteiger partial charge in [-0.1, -0.05) is 0 Å². The lowest BCUT2D eigenvalue weighted by atomic mass is 10.1. The molecular weight excluding hydrogens is 232 g/mol. The van der Waals surface area contributed by atoms with E-state index in [1.807, 2.05) is 12.1 Å². The van der Waals surface area contributed by atoms with Gasteiger partial charge in [0.05, 0.1) is 19.8 Å². The van der Waals surface area contributed by atoms with Crippen LogP contribution in [0.15, 0.2) is 24.3 Å². The van der Waals surface area contributed by atoms with Gasteiger partial charge in [0, 0.05) is 18.6 Å². The molecular formula is C14H18O4. The lowest BCUT2D eigenvalue weighted by molar-refractivity contribution is 0.101. The number of rotatable bonds is 8. The van der Waals surface area contributed by atoms with E-state index in [1.165, 1.54) is 0 Å². The highest BCUT2D eigenvalue weighted by Gasteiger charge is 2.21. The van der Waals surface area contributed by atoms with Crippen molar-refractivity contribution in [2.45, 2.75) is 19.4 Å². The fourth-order valence-electron chi connectivity index (χ4n) is 1.52. The highest BCUT2D eigenvalue weighted by atomic mass is 16.6. The highest BCUT2D eigenvalue weighted by molar-refractivity contribution is 5.94. The molecule has 0 saturated carbocycles. The fourth-order valence-corrected chi connectivity index (χ4v) is 1.52. The molecule has 0 bridgehead atoms. The summed E-state index contributed by atoms with van der Waals surface area (Å²) in [6.45, 7) is 4.37. The van der Waals surface area contributed by atoms with E-state index in [0.717, 1.165) is 18.8 Å². The Balaban J connectivity index is 1.58. The first-order valence-electron chi connectivity index (χ1n) is 6.19. The van der Waals surface area contributed by atoms with Crippen LogP contribution in [-0.2, 0) is 9.47 Å². The molecule has 2 rings (SSSR count). The smallest absolute Gasteiger partial charge is 0.159 e. The van der Waals surface area contributed by atoms with Crippen molar-refractivity contribution in [2.24, 2.45) is 0 Å². The van der Waals surface area contributed by atoms with Gasteiger partial charge < -0.3 is 14.2 Å². The summed E-state index contributed by atoms with van der Waals surface area (Å²) in [6, 6.07) is 7.18. The second kappa shape index (κ2) is 6.52. The lowest BCUT2D eigenvalue weighted by Gasteiger charge is -2.06. The van der Waals surface area contributed by atoms with Crippen molar-refractivity contribution in [1.82, 2.24) is 0 Å². The average molecular weight is 250 g/mol. The Hall–Kier alpha value is -1.39. The predicted molar refractivity (Wildman–Crippen MR) is 67.1 cm³/mol. The number of carbonyl (C=O) groups excluding carboxylic acids is 1. The Morgan fingerprint density at radius 3 is 2.67 bits per heavy atom. The topological polar surface area (TPSA) is 48.1 Å². The molecule has 1 heterocycles. The summed E-state index contributed by atoms with van der Waals surface area (Å²) in [6.07, 6.45) is 1.17. The zero-order valence-corrected chi connectivity index (χ0v) is 10.6. The minimum atomic E-state index is 0.0669. The molecule has 0 aliphatic carbocycles. The molecule has 4 nitrogen and oxygen atoms in total. The normalized spacial score (nSPS) is 17.5. The minimum absolute atomic E-state index is 0.0669. The standard InChI is InChI=1S/C14H18O4/c1-11(15)12-3-5-13(6-4-12)17-8-2-7-16-9-14-10-18-14/h3-6,14H,2,7-10H2,1H3. The van der Waals surface area contributed by atoms with Gasteiger partial charge in [0.15, 0.2) is 5.78 Å². The molecule has 0 amide bonds. The van der Waals surface area contributed by atoms with Crippen LogP contribution in [0.3, 0.4) is 0 Å². The molecule has 1 aliphatic heterocycles. The zero-order valence-electron chi connectivity index (χ0n) is 10.6. The Bertz CT molecular complexity index is 381. The molecule has 0 N–H and O–H groups in total. The molecule has 1 aliphatic rings. The maximum Gasteiger partial charge on any atom is 0.159 e. The van der Waals surface area contributed by atoms with Gasteiger partial charge >= 0.3 is 0 Å². The number of carbonyl (C=O) groups is 1. The first-order chi connectivity index (χ1) is 8.75. The third-order valence-electron chi connectivity index (χ3n) is 2.67. The summed E-state index contributed by atoms with van der Waals surface area (Å²) in [5, 5.41) is 0. The molecule has 0 aromatic heterocycles. The molecule has 1 unspecified atom stereocenters. The highest BCUT2D eigenvalue weighted by Crippen LogP contribution is 2.13. The summed E-state index contributed by atoms with van der Waals surface area (Å²) in [5.74, 6) is 0.850. The molecule has 18 heavy (non-hydrogen) atoms. The van der Waals surface area contributed by atoms with Crippen LogP contribution < -0.4 is 4.74 Å². The molecule has 1 saturated heterocycles. The summed E-state index contributed by atoms with van der Waals surface area (Å²) >= 11 is 0. The van der Waals surface area contributed by atoms with Crippen LogP contribution in [0.4, 0.5) is 0 Å². The number of hydrogen-bond donors (Lipinski definition) is 0. The van der Waals surface area contributed by atoms with Gasteiger partial charge in [0.2, 0.25) is 0 Å². The molecule has 0 radical (unpaired) electrons. The van der Waals surface area contributed by atoms with Gasteiger partial charge in [-0.15, -0.1) is 0 Å².